The van der Waals surface area contributed by atoms with Crippen LogP contribution in [0.1, 0.15) is 19.8 Å². The van der Waals surface area contributed by atoms with E-state index in [4.69, 9.17) is 0 Å². The van der Waals surface area contributed by atoms with E-state index in [2.05, 4.69) is 21.9 Å². The van der Waals surface area contributed by atoms with Gasteiger partial charge in [-0.15, -0.1) is 0 Å². The van der Waals surface area contributed by atoms with E-state index >= 15 is 0 Å². The third kappa shape index (κ3) is 3.61. The summed E-state index contributed by atoms with van der Waals surface area (Å²) in [6.45, 7) is 3.75. The van der Waals surface area contributed by atoms with Crippen LogP contribution in [0.25, 0.3) is 11.4 Å². The van der Waals surface area contributed by atoms with Crippen LogP contribution in [0.2, 0.25) is 0 Å². The predicted molar refractivity (Wildman–Crippen MR) is 84.5 cm³/mol. The molecule has 0 aliphatic carbocycles. The van der Waals surface area contributed by atoms with Crippen LogP contribution in [0, 0.1) is 5.92 Å². The van der Waals surface area contributed by atoms with Gasteiger partial charge in [-0.2, -0.15) is 4.98 Å². The summed E-state index contributed by atoms with van der Waals surface area (Å²) in [5.41, 5.74) is 0.540. The Bertz CT molecular complexity index is 736. The van der Waals surface area contributed by atoms with Gasteiger partial charge in [0.1, 0.15) is 12.2 Å². The second-order valence-corrected chi connectivity index (χ2v) is 5.88. The Morgan fingerprint density at radius 2 is 2.04 bits per heavy atom. The standard InChI is InChI=1S/C16H19N5O2/c1-12-2-7-20(8-3-12)15(22)11-21-9-4-13(19-16(21)23)14-10-17-5-6-18-14/h4-6,9-10,12H,2-3,7-8,11H2,1H3. The third-order valence-corrected chi connectivity index (χ3v) is 4.14. The molecule has 7 nitrogen and oxygen atoms in total. The largest absolute Gasteiger partial charge is 0.348 e. The summed E-state index contributed by atoms with van der Waals surface area (Å²) in [7, 11) is 0. The van der Waals surface area contributed by atoms with Crippen LogP contribution in [0.3, 0.4) is 0 Å². The lowest BCUT2D eigenvalue weighted by atomic mass is 9.99. The molecule has 0 unspecified atom stereocenters. The molecule has 0 saturated carbocycles. The molecule has 1 aliphatic heterocycles. The average molecular weight is 313 g/mol. The highest BCUT2D eigenvalue weighted by Gasteiger charge is 2.20. The molecule has 23 heavy (non-hydrogen) atoms. The lowest BCUT2D eigenvalue weighted by Gasteiger charge is -2.30. The highest BCUT2D eigenvalue weighted by atomic mass is 16.2. The summed E-state index contributed by atoms with van der Waals surface area (Å²) in [6.07, 6.45) is 8.28. The number of rotatable bonds is 3. The Hall–Kier alpha value is -2.57. The number of likely N-dealkylation sites (tertiary alicyclic amines) is 1. The molecule has 1 amide bonds. The van der Waals surface area contributed by atoms with Gasteiger partial charge in [0.05, 0.1) is 11.9 Å². The number of carbonyl (C=O) groups excluding carboxylic acids is 1. The van der Waals surface area contributed by atoms with Crippen LogP contribution in [0.15, 0.2) is 35.6 Å². The Kier molecular flexibility index (Phi) is 4.45. The van der Waals surface area contributed by atoms with Gasteiger partial charge >= 0.3 is 5.69 Å². The summed E-state index contributed by atoms with van der Waals surface area (Å²) in [6, 6.07) is 1.68. The molecule has 7 heteroatoms. The van der Waals surface area contributed by atoms with Gasteiger partial charge in [0.25, 0.3) is 0 Å². The number of hydrogen-bond donors (Lipinski definition) is 0. The maximum Gasteiger partial charge on any atom is 0.348 e. The highest BCUT2D eigenvalue weighted by molar-refractivity contribution is 5.76. The maximum atomic E-state index is 12.3. The molecule has 0 bridgehead atoms. The molecule has 0 atom stereocenters. The number of amides is 1. The van der Waals surface area contributed by atoms with Crippen molar-refractivity contribution in [1.82, 2.24) is 24.4 Å². The van der Waals surface area contributed by atoms with Crippen molar-refractivity contribution in [3.8, 4) is 11.4 Å². The number of nitrogens with zero attached hydrogens (tertiary/aromatic N) is 5. The predicted octanol–water partition coefficient (Wildman–Crippen LogP) is 0.959. The fourth-order valence-electron chi connectivity index (χ4n) is 2.63. The first-order valence-corrected chi connectivity index (χ1v) is 7.75. The molecular formula is C16H19N5O2. The first-order valence-electron chi connectivity index (χ1n) is 7.75. The van der Waals surface area contributed by atoms with E-state index in [1.54, 1.807) is 30.9 Å². The zero-order chi connectivity index (χ0) is 16.2. The molecule has 3 rings (SSSR count). The Morgan fingerprint density at radius 3 is 2.70 bits per heavy atom. The minimum Gasteiger partial charge on any atom is -0.341 e. The van der Waals surface area contributed by atoms with E-state index in [1.807, 2.05) is 4.90 Å². The average Bonchev–Trinajstić information content (AvgIpc) is 2.58. The quantitative estimate of drug-likeness (QED) is 0.843. The summed E-state index contributed by atoms with van der Waals surface area (Å²) in [4.78, 5) is 38.3. The topological polar surface area (TPSA) is 81.0 Å². The van der Waals surface area contributed by atoms with Crippen molar-refractivity contribution in [2.75, 3.05) is 13.1 Å². The van der Waals surface area contributed by atoms with E-state index < -0.39 is 5.69 Å². The van der Waals surface area contributed by atoms with Crippen LogP contribution in [0.5, 0.6) is 0 Å². The molecule has 1 aliphatic rings. The smallest absolute Gasteiger partial charge is 0.341 e. The zero-order valence-electron chi connectivity index (χ0n) is 13.1. The normalized spacial score (nSPS) is 15.6. The lowest BCUT2D eigenvalue weighted by Crippen LogP contribution is -2.41. The van der Waals surface area contributed by atoms with Gasteiger partial charge in [-0.1, -0.05) is 6.92 Å². The van der Waals surface area contributed by atoms with Crippen molar-refractivity contribution in [2.45, 2.75) is 26.3 Å². The van der Waals surface area contributed by atoms with Crippen LogP contribution >= 0.6 is 0 Å². The Labute approximate surface area is 134 Å². The molecule has 0 spiro atoms. The first kappa shape index (κ1) is 15.3. The molecule has 1 fully saturated rings. The van der Waals surface area contributed by atoms with Gasteiger partial charge in [-0.25, -0.2) is 4.79 Å². The van der Waals surface area contributed by atoms with Crippen LogP contribution in [-0.2, 0) is 11.3 Å². The van der Waals surface area contributed by atoms with Crippen molar-refractivity contribution in [2.24, 2.45) is 5.92 Å². The lowest BCUT2D eigenvalue weighted by molar-refractivity contribution is -0.133. The highest BCUT2D eigenvalue weighted by Crippen LogP contribution is 2.16. The first-order chi connectivity index (χ1) is 11.1. The van der Waals surface area contributed by atoms with Crippen molar-refractivity contribution in [1.29, 1.82) is 0 Å². The molecule has 3 heterocycles. The SMILES string of the molecule is CC1CCN(C(=O)Cn2ccc(-c3cnccn3)nc2=O)CC1. The van der Waals surface area contributed by atoms with Gasteiger partial charge in [0.15, 0.2) is 0 Å². The van der Waals surface area contributed by atoms with E-state index in [1.165, 1.54) is 4.57 Å². The molecule has 1 saturated heterocycles. The second kappa shape index (κ2) is 6.68. The van der Waals surface area contributed by atoms with Crippen molar-refractivity contribution in [3.63, 3.8) is 0 Å². The maximum absolute atomic E-state index is 12.3. The summed E-state index contributed by atoms with van der Waals surface area (Å²) < 4.78 is 1.33. The van der Waals surface area contributed by atoms with E-state index in [-0.39, 0.29) is 12.5 Å². The Morgan fingerprint density at radius 1 is 1.26 bits per heavy atom. The van der Waals surface area contributed by atoms with E-state index in [0.29, 0.717) is 17.3 Å². The Balaban J connectivity index is 1.72. The molecule has 120 valence electrons. The minimum atomic E-state index is -0.452. The fraction of sp³-hybridized carbons (Fsp3) is 0.438. The monoisotopic (exact) mass is 313 g/mol. The van der Waals surface area contributed by atoms with Gasteiger partial charge in [-0.3, -0.25) is 19.3 Å². The minimum absolute atomic E-state index is 0.0287. The molecular weight excluding hydrogens is 294 g/mol. The van der Waals surface area contributed by atoms with Crippen molar-refractivity contribution in [3.05, 3.63) is 41.3 Å². The van der Waals surface area contributed by atoms with Crippen molar-refractivity contribution < 1.29 is 4.79 Å². The van der Waals surface area contributed by atoms with Gasteiger partial charge < -0.3 is 4.90 Å². The van der Waals surface area contributed by atoms with Crippen LogP contribution in [0.4, 0.5) is 0 Å². The molecule has 0 aromatic carbocycles. The number of piperidine rings is 1. The van der Waals surface area contributed by atoms with Crippen LogP contribution < -0.4 is 5.69 Å². The summed E-state index contributed by atoms with van der Waals surface area (Å²) in [5.74, 6) is 0.628. The van der Waals surface area contributed by atoms with Crippen molar-refractivity contribution >= 4 is 5.91 Å². The molecule has 2 aromatic heterocycles. The molecule has 0 N–H and O–H groups in total. The molecule has 2 aromatic rings. The number of carbonyl (C=O) groups is 1. The summed E-state index contributed by atoms with van der Waals surface area (Å²) in [5, 5.41) is 0. The van der Waals surface area contributed by atoms with Crippen LogP contribution in [-0.4, -0.2) is 43.4 Å². The van der Waals surface area contributed by atoms with Gasteiger partial charge in [0, 0.05) is 31.7 Å². The van der Waals surface area contributed by atoms with Gasteiger partial charge in [0.2, 0.25) is 5.91 Å². The van der Waals surface area contributed by atoms with E-state index in [0.717, 1.165) is 25.9 Å². The fourth-order valence-corrected chi connectivity index (χ4v) is 2.63. The third-order valence-electron chi connectivity index (χ3n) is 4.14. The summed E-state index contributed by atoms with van der Waals surface area (Å²) >= 11 is 0. The van der Waals surface area contributed by atoms with Gasteiger partial charge in [-0.05, 0) is 24.8 Å². The number of hydrogen-bond acceptors (Lipinski definition) is 5. The molecule has 0 radical (unpaired) electrons. The second-order valence-electron chi connectivity index (χ2n) is 5.88. The number of aromatic nitrogens is 4. The van der Waals surface area contributed by atoms with E-state index in [9.17, 15) is 9.59 Å². The zero-order valence-corrected chi connectivity index (χ0v) is 13.1.